The Morgan fingerprint density at radius 3 is 2.86 bits per heavy atom. The predicted octanol–water partition coefficient (Wildman–Crippen LogP) is 3.25. The Morgan fingerprint density at radius 1 is 1.57 bits per heavy atom. The molecule has 0 aliphatic carbocycles. The van der Waals surface area contributed by atoms with Gasteiger partial charge in [-0.05, 0) is 40.8 Å². The maximum atomic E-state index is 12.5. The van der Waals surface area contributed by atoms with Crippen molar-refractivity contribution in [1.29, 1.82) is 0 Å². The van der Waals surface area contributed by atoms with Crippen LogP contribution in [0.15, 0.2) is 15.9 Å². The highest BCUT2D eigenvalue weighted by atomic mass is 79.9. The van der Waals surface area contributed by atoms with Crippen molar-refractivity contribution in [1.82, 2.24) is 9.80 Å². The van der Waals surface area contributed by atoms with Crippen LogP contribution in [0.2, 0.25) is 0 Å². The number of hydrogen-bond donors (Lipinski definition) is 1. The number of carboxylic acid groups (broad SMARTS) is 1. The second kappa shape index (κ2) is 6.79. The summed E-state index contributed by atoms with van der Waals surface area (Å²) in [5.41, 5.74) is 0. The second-order valence-electron chi connectivity index (χ2n) is 5.55. The Hall–Kier alpha value is -1.08. The van der Waals surface area contributed by atoms with Gasteiger partial charge in [-0.15, -0.1) is 11.3 Å². The number of likely N-dealkylation sites (tertiary alicyclic amines) is 1. The quantitative estimate of drug-likeness (QED) is 0.882. The minimum atomic E-state index is -0.915. The number of rotatable bonds is 3. The van der Waals surface area contributed by atoms with Gasteiger partial charge in [-0.25, -0.2) is 9.59 Å². The summed E-state index contributed by atoms with van der Waals surface area (Å²) in [6, 6.07) is 1.05. The third-order valence-electron chi connectivity index (χ3n) is 3.74. The van der Waals surface area contributed by atoms with Crippen LogP contribution < -0.4 is 0 Å². The number of carbonyl (C=O) groups is 2. The molecule has 2 amide bonds. The van der Waals surface area contributed by atoms with Crippen molar-refractivity contribution in [3.8, 4) is 0 Å². The SMILES string of the molecule is CC1CCN(C(=O)N(C)Cc2cc(Br)cs2)C(C(=O)O)C1. The summed E-state index contributed by atoms with van der Waals surface area (Å²) < 4.78 is 0.999. The van der Waals surface area contributed by atoms with Crippen LogP contribution in [0.25, 0.3) is 0 Å². The second-order valence-corrected chi connectivity index (χ2v) is 7.46. The Balaban J connectivity index is 2.04. The molecule has 7 heteroatoms. The van der Waals surface area contributed by atoms with E-state index in [0.717, 1.165) is 15.8 Å². The van der Waals surface area contributed by atoms with Crippen LogP contribution in [0.1, 0.15) is 24.6 Å². The third-order valence-corrected chi connectivity index (χ3v) is 5.42. The zero-order valence-corrected chi connectivity index (χ0v) is 14.5. The number of nitrogens with zero attached hydrogens (tertiary/aromatic N) is 2. The maximum Gasteiger partial charge on any atom is 0.326 e. The first-order valence-electron chi connectivity index (χ1n) is 6.86. The molecule has 2 rings (SSSR count). The molecule has 0 aromatic carbocycles. The largest absolute Gasteiger partial charge is 0.480 e. The highest BCUT2D eigenvalue weighted by molar-refractivity contribution is 9.10. The van der Waals surface area contributed by atoms with E-state index in [-0.39, 0.29) is 6.03 Å². The fraction of sp³-hybridized carbons (Fsp3) is 0.571. The number of amides is 2. The average molecular weight is 375 g/mol. The average Bonchev–Trinajstić information content (AvgIpc) is 2.83. The molecule has 116 valence electrons. The molecule has 0 radical (unpaired) electrons. The summed E-state index contributed by atoms with van der Waals surface area (Å²) >= 11 is 4.96. The van der Waals surface area contributed by atoms with Crippen molar-refractivity contribution in [2.45, 2.75) is 32.4 Å². The Labute approximate surface area is 136 Å². The summed E-state index contributed by atoms with van der Waals surface area (Å²) in [6.45, 7) is 3.04. The minimum absolute atomic E-state index is 0.209. The molecule has 1 saturated heterocycles. The molecular formula is C14H19BrN2O3S. The zero-order valence-electron chi connectivity index (χ0n) is 12.1. The number of halogens is 1. The molecule has 1 aromatic rings. The lowest BCUT2D eigenvalue weighted by molar-refractivity contribution is -0.144. The summed E-state index contributed by atoms with van der Waals surface area (Å²) in [5.74, 6) is -0.573. The molecule has 0 bridgehead atoms. The fourth-order valence-electron chi connectivity index (χ4n) is 2.56. The first kappa shape index (κ1) is 16.3. The van der Waals surface area contributed by atoms with E-state index in [2.05, 4.69) is 15.9 Å². The number of piperidine rings is 1. The lowest BCUT2D eigenvalue weighted by Crippen LogP contribution is -2.53. The number of carboxylic acids is 1. The molecule has 2 atom stereocenters. The highest BCUT2D eigenvalue weighted by Crippen LogP contribution is 2.25. The third kappa shape index (κ3) is 3.97. The van der Waals surface area contributed by atoms with Gasteiger partial charge in [-0.1, -0.05) is 6.92 Å². The lowest BCUT2D eigenvalue weighted by atomic mass is 9.93. The molecule has 0 saturated carbocycles. The van der Waals surface area contributed by atoms with Crippen molar-refractivity contribution in [3.05, 3.63) is 20.8 Å². The molecular weight excluding hydrogens is 356 g/mol. The summed E-state index contributed by atoms with van der Waals surface area (Å²) in [6.07, 6.45) is 1.38. The van der Waals surface area contributed by atoms with Crippen molar-refractivity contribution in [2.75, 3.05) is 13.6 Å². The summed E-state index contributed by atoms with van der Waals surface area (Å²) in [7, 11) is 1.72. The van der Waals surface area contributed by atoms with Crippen LogP contribution in [0.5, 0.6) is 0 Å². The van der Waals surface area contributed by atoms with E-state index in [1.165, 1.54) is 4.90 Å². The number of hydrogen-bond acceptors (Lipinski definition) is 3. The normalized spacial score (nSPS) is 22.1. The molecule has 21 heavy (non-hydrogen) atoms. The van der Waals surface area contributed by atoms with Gasteiger partial charge in [0.25, 0.3) is 0 Å². The Morgan fingerprint density at radius 2 is 2.29 bits per heavy atom. The Bertz CT molecular complexity index is 534. The maximum absolute atomic E-state index is 12.5. The van der Waals surface area contributed by atoms with E-state index in [9.17, 15) is 14.7 Å². The van der Waals surface area contributed by atoms with Gasteiger partial charge in [0.05, 0.1) is 6.54 Å². The molecule has 5 nitrogen and oxygen atoms in total. The van der Waals surface area contributed by atoms with Gasteiger partial charge in [0, 0.05) is 28.3 Å². The van der Waals surface area contributed by atoms with Crippen molar-refractivity contribution >= 4 is 39.3 Å². The number of carbonyl (C=O) groups excluding carboxylic acids is 1. The van der Waals surface area contributed by atoms with E-state index >= 15 is 0 Å². The molecule has 1 aliphatic rings. The topological polar surface area (TPSA) is 60.9 Å². The van der Waals surface area contributed by atoms with Crippen LogP contribution in [0.4, 0.5) is 4.79 Å². The van der Waals surface area contributed by atoms with Gasteiger partial charge in [-0.2, -0.15) is 0 Å². The zero-order chi connectivity index (χ0) is 15.6. The highest BCUT2D eigenvalue weighted by Gasteiger charge is 2.36. The Kier molecular flexibility index (Phi) is 5.27. The lowest BCUT2D eigenvalue weighted by Gasteiger charge is -2.38. The van der Waals surface area contributed by atoms with Gasteiger partial charge in [0.1, 0.15) is 6.04 Å². The number of urea groups is 1. The predicted molar refractivity (Wildman–Crippen MR) is 85.4 cm³/mol. The first-order valence-corrected chi connectivity index (χ1v) is 8.53. The van der Waals surface area contributed by atoms with Gasteiger partial charge < -0.3 is 14.9 Å². The van der Waals surface area contributed by atoms with Gasteiger partial charge in [0.15, 0.2) is 0 Å². The van der Waals surface area contributed by atoms with E-state index in [0.29, 0.717) is 25.4 Å². The van der Waals surface area contributed by atoms with Crippen molar-refractivity contribution in [3.63, 3.8) is 0 Å². The van der Waals surface area contributed by atoms with E-state index < -0.39 is 12.0 Å². The first-order chi connectivity index (χ1) is 9.88. The van der Waals surface area contributed by atoms with Crippen LogP contribution in [-0.4, -0.2) is 46.5 Å². The number of thiophene rings is 1. The summed E-state index contributed by atoms with van der Waals surface area (Å²) in [4.78, 5) is 28.0. The summed E-state index contributed by atoms with van der Waals surface area (Å²) in [5, 5.41) is 11.3. The monoisotopic (exact) mass is 374 g/mol. The van der Waals surface area contributed by atoms with Gasteiger partial charge in [0.2, 0.25) is 0 Å². The fourth-order valence-corrected chi connectivity index (χ4v) is 4.07. The van der Waals surface area contributed by atoms with E-state index in [4.69, 9.17) is 0 Å². The molecule has 2 heterocycles. The van der Waals surface area contributed by atoms with Crippen LogP contribution in [0.3, 0.4) is 0 Å². The van der Waals surface area contributed by atoms with Gasteiger partial charge in [-0.3, -0.25) is 0 Å². The van der Waals surface area contributed by atoms with Crippen molar-refractivity contribution in [2.24, 2.45) is 5.92 Å². The van der Waals surface area contributed by atoms with Crippen LogP contribution >= 0.6 is 27.3 Å². The molecule has 1 aromatic heterocycles. The molecule has 1 N–H and O–H groups in total. The minimum Gasteiger partial charge on any atom is -0.480 e. The molecule has 2 unspecified atom stereocenters. The van der Waals surface area contributed by atoms with Gasteiger partial charge >= 0.3 is 12.0 Å². The van der Waals surface area contributed by atoms with E-state index in [1.807, 2.05) is 18.4 Å². The standard InChI is InChI=1S/C14H19BrN2O3S/c1-9-3-4-17(12(5-9)13(18)19)14(20)16(2)7-11-6-10(15)8-21-11/h6,8-9,12H,3-5,7H2,1-2H3,(H,18,19). The molecule has 1 aliphatic heterocycles. The smallest absolute Gasteiger partial charge is 0.326 e. The van der Waals surface area contributed by atoms with Crippen LogP contribution in [0, 0.1) is 5.92 Å². The number of aliphatic carboxylic acids is 1. The van der Waals surface area contributed by atoms with Crippen LogP contribution in [-0.2, 0) is 11.3 Å². The molecule has 0 spiro atoms. The van der Waals surface area contributed by atoms with E-state index in [1.54, 1.807) is 23.3 Å². The molecule has 1 fully saturated rings. The van der Waals surface area contributed by atoms with Crippen molar-refractivity contribution < 1.29 is 14.7 Å².